The molecule has 0 bridgehead atoms. The normalized spacial score (nSPS) is 27.1. The molecule has 0 radical (unpaired) electrons. The molecule has 0 spiro atoms. The Kier molecular flexibility index (Phi) is 9.99. The number of hydrogen-bond acceptors (Lipinski definition) is 0. The molecule has 31 heavy (non-hydrogen) atoms. The van der Waals surface area contributed by atoms with Crippen LogP contribution in [0.2, 0.25) is 0 Å². The first-order valence-electron chi connectivity index (χ1n) is 12.8. The highest BCUT2D eigenvalue weighted by molar-refractivity contribution is 5.19. The van der Waals surface area contributed by atoms with Crippen molar-refractivity contribution in [2.75, 3.05) is 0 Å². The number of unbranched alkanes of at least 4 members (excludes halogenated alkanes) is 2. The molecule has 0 amide bonds. The summed E-state index contributed by atoms with van der Waals surface area (Å²) >= 11 is 0. The van der Waals surface area contributed by atoms with Gasteiger partial charge in [0, 0.05) is 0 Å². The molecule has 1 aromatic carbocycles. The topological polar surface area (TPSA) is 0 Å². The van der Waals surface area contributed by atoms with E-state index < -0.39 is 17.5 Å². The van der Waals surface area contributed by atoms with Gasteiger partial charge in [0.05, 0.1) is 0 Å². The van der Waals surface area contributed by atoms with Crippen LogP contribution in [0.1, 0.15) is 102 Å². The van der Waals surface area contributed by atoms with Gasteiger partial charge in [0.2, 0.25) is 0 Å². The van der Waals surface area contributed by atoms with Crippen LogP contribution in [-0.2, 0) is 6.42 Å². The molecule has 2 saturated carbocycles. The average Bonchev–Trinajstić information content (AvgIpc) is 2.79. The molecule has 0 nitrogen and oxygen atoms in total. The zero-order valence-corrected chi connectivity index (χ0v) is 19.4. The SMILES string of the molecule is CCC=CCCCCC1CCC(C2CCC(CCc3cc(F)c(F)c(F)c3)CC2)CC1. The monoisotopic (exact) mass is 434 g/mol. The second-order valence-corrected chi connectivity index (χ2v) is 10.1. The van der Waals surface area contributed by atoms with Gasteiger partial charge in [-0.2, -0.15) is 0 Å². The van der Waals surface area contributed by atoms with Crippen molar-refractivity contribution in [2.45, 2.75) is 103 Å². The molecule has 0 heterocycles. The Labute approximate surface area is 187 Å². The largest absolute Gasteiger partial charge is 0.204 e. The first-order valence-corrected chi connectivity index (χ1v) is 12.8. The van der Waals surface area contributed by atoms with Crippen molar-refractivity contribution >= 4 is 0 Å². The molecule has 0 aromatic heterocycles. The lowest BCUT2D eigenvalue weighted by Crippen LogP contribution is -2.26. The minimum Gasteiger partial charge on any atom is -0.204 e. The van der Waals surface area contributed by atoms with Gasteiger partial charge in [-0.05, 0) is 99.2 Å². The van der Waals surface area contributed by atoms with Crippen LogP contribution in [0.4, 0.5) is 13.2 Å². The van der Waals surface area contributed by atoms with Crippen molar-refractivity contribution < 1.29 is 13.2 Å². The Morgan fingerprint density at radius 1 is 0.742 bits per heavy atom. The van der Waals surface area contributed by atoms with Crippen molar-refractivity contribution in [3.05, 3.63) is 47.3 Å². The van der Waals surface area contributed by atoms with E-state index in [0.717, 1.165) is 42.7 Å². The Bertz CT molecular complexity index is 656. The summed E-state index contributed by atoms with van der Waals surface area (Å²) in [6, 6.07) is 2.31. The zero-order chi connectivity index (χ0) is 22.1. The Hall–Kier alpha value is -1.25. The van der Waals surface area contributed by atoms with Crippen molar-refractivity contribution in [1.82, 2.24) is 0 Å². The molecule has 2 aliphatic rings. The van der Waals surface area contributed by atoms with Crippen molar-refractivity contribution in [2.24, 2.45) is 23.7 Å². The summed E-state index contributed by atoms with van der Waals surface area (Å²) in [5.41, 5.74) is 0.582. The summed E-state index contributed by atoms with van der Waals surface area (Å²) < 4.78 is 39.9. The van der Waals surface area contributed by atoms with Gasteiger partial charge in [0.15, 0.2) is 17.5 Å². The molecule has 0 aliphatic heterocycles. The van der Waals surface area contributed by atoms with Crippen LogP contribution < -0.4 is 0 Å². The predicted molar refractivity (Wildman–Crippen MR) is 123 cm³/mol. The van der Waals surface area contributed by atoms with E-state index in [-0.39, 0.29) is 0 Å². The number of aryl methyl sites for hydroxylation is 1. The van der Waals surface area contributed by atoms with Crippen LogP contribution in [-0.4, -0.2) is 0 Å². The molecule has 3 rings (SSSR count). The number of hydrogen-bond donors (Lipinski definition) is 0. The van der Waals surface area contributed by atoms with Crippen molar-refractivity contribution in [3.63, 3.8) is 0 Å². The number of rotatable bonds is 10. The highest BCUT2D eigenvalue weighted by Crippen LogP contribution is 2.43. The first-order chi connectivity index (χ1) is 15.1. The van der Waals surface area contributed by atoms with Crippen molar-refractivity contribution in [3.8, 4) is 0 Å². The van der Waals surface area contributed by atoms with E-state index in [0.29, 0.717) is 17.9 Å². The molecule has 174 valence electrons. The molecular formula is C28H41F3. The van der Waals surface area contributed by atoms with Gasteiger partial charge in [-0.15, -0.1) is 0 Å². The molecule has 0 atom stereocenters. The summed E-state index contributed by atoms with van der Waals surface area (Å²) in [5, 5.41) is 0. The van der Waals surface area contributed by atoms with E-state index in [4.69, 9.17) is 0 Å². The highest BCUT2D eigenvalue weighted by atomic mass is 19.2. The zero-order valence-electron chi connectivity index (χ0n) is 19.4. The molecule has 2 aliphatic carbocycles. The van der Waals surface area contributed by atoms with Crippen LogP contribution in [0.15, 0.2) is 24.3 Å². The Morgan fingerprint density at radius 2 is 1.29 bits per heavy atom. The fourth-order valence-electron chi connectivity index (χ4n) is 6.00. The van der Waals surface area contributed by atoms with E-state index in [1.54, 1.807) is 0 Å². The van der Waals surface area contributed by atoms with Crippen LogP contribution in [0.5, 0.6) is 0 Å². The van der Waals surface area contributed by atoms with Crippen LogP contribution in [0.25, 0.3) is 0 Å². The van der Waals surface area contributed by atoms with Gasteiger partial charge < -0.3 is 0 Å². The van der Waals surface area contributed by atoms with Crippen LogP contribution in [0, 0.1) is 41.1 Å². The third kappa shape index (κ3) is 7.68. The van der Waals surface area contributed by atoms with Crippen molar-refractivity contribution in [1.29, 1.82) is 0 Å². The van der Waals surface area contributed by atoms with E-state index in [1.165, 1.54) is 77.0 Å². The van der Waals surface area contributed by atoms with Gasteiger partial charge in [-0.25, -0.2) is 13.2 Å². The fourth-order valence-corrected chi connectivity index (χ4v) is 6.00. The van der Waals surface area contributed by atoms with Gasteiger partial charge >= 0.3 is 0 Å². The standard InChI is InChI=1S/C28H41F3/c1-2-3-4-5-6-7-8-21-11-15-24(16-12-21)25-17-13-22(14-18-25)9-10-23-19-26(29)28(31)27(30)20-23/h3-4,19-22,24-25H,2,5-18H2,1H3. The smallest absolute Gasteiger partial charge is 0.194 e. The maximum Gasteiger partial charge on any atom is 0.194 e. The molecule has 2 fully saturated rings. The van der Waals surface area contributed by atoms with Gasteiger partial charge in [-0.3, -0.25) is 0 Å². The lowest BCUT2D eigenvalue weighted by Gasteiger charge is -2.38. The molecule has 0 saturated heterocycles. The third-order valence-electron chi connectivity index (χ3n) is 7.97. The summed E-state index contributed by atoms with van der Waals surface area (Å²) in [4.78, 5) is 0. The van der Waals surface area contributed by atoms with E-state index in [2.05, 4.69) is 19.1 Å². The third-order valence-corrected chi connectivity index (χ3v) is 7.97. The fraction of sp³-hybridized carbons (Fsp3) is 0.714. The quantitative estimate of drug-likeness (QED) is 0.196. The summed E-state index contributed by atoms with van der Waals surface area (Å²) in [6.45, 7) is 2.19. The second-order valence-electron chi connectivity index (χ2n) is 10.1. The predicted octanol–water partition coefficient (Wildman–Crippen LogP) is 9.18. The highest BCUT2D eigenvalue weighted by Gasteiger charge is 2.30. The summed E-state index contributed by atoms with van der Waals surface area (Å²) in [7, 11) is 0. The number of halogens is 3. The van der Waals surface area contributed by atoms with Crippen LogP contribution in [0.3, 0.4) is 0 Å². The first kappa shape index (κ1) is 24.4. The maximum absolute atomic E-state index is 13.4. The van der Waals surface area contributed by atoms with E-state index in [1.807, 2.05) is 0 Å². The summed E-state index contributed by atoms with van der Waals surface area (Å²) in [5.74, 6) is -0.0831. The minimum atomic E-state index is -1.36. The van der Waals surface area contributed by atoms with E-state index in [9.17, 15) is 13.2 Å². The summed E-state index contributed by atoms with van der Waals surface area (Å²) in [6.07, 6.45) is 23.6. The molecule has 1 aromatic rings. The van der Waals surface area contributed by atoms with Crippen LogP contribution >= 0.6 is 0 Å². The average molecular weight is 435 g/mol. The maximum atomic E-state index is 13.4. The Balaban J connectivity index is 1.30. The molecule has 0 unspecified atom stereocenters. The number of allylic oxidation sites excluding steroid dienone is 2. The lowest BCUT2D eigenvalue weighted by molar-refractivity contribution is 0.140. The van der Waals surface area contributed by atoms with Gasteiger partial charge in [0.25, 0.3) is 0 Å². The van der Waals surface area contributed by atoms with Gasteiger partial charge in [-0.1, -0.05) is 57.6 Å². The van der Waals surface area contributed by atoms with E-state index >= 15 is 0 Å². The Morgan fingerprint density at radius 3 is 1.84 bits per heavy atom. The lowest BCUT2D eigenvalue weighted by atomic mass is 9.68. The minimum absolute atomic E-state index is 0.582. The molecule has 0 N–H and O–H groups in total. The molecule has 3 heteroatoms. The molecular weight excluding hydrogens is 393 g/mol. The number of benzene rings is 1. The van der Waals surface area contributed by atoms with Gasteiger partial charge in [0.1, 0.15) is 0 Å². The second kappa shape index (κ2) is 12.7.